The lowest BCUT2D eigenvalue weighted by molar-refractivity contribution is -0.136. The summed E-state index contributed by atoms with van der Waals surface area (Å²) < 4.78 is 0. The largest absolute Gasteiger partial charge is 0.350 e. The second-order valence-electron chi connectivity index (χ2n) is 8.36. The fourth-order valence-corrected chi connectivity index (χ4v) is 5.45. The summed E-state index contributed by atoms with van der Waals surface area (Å²) in [5, 5.41) is 5.27. The van der Waals surface area contributed by atoms with E-state index >= 15 is 0 Å². The number of nitrogens with one attached hydrogen (secondary N) is 1. The van der Waals surface area contributed by atoms with Crippen LogP contribution in [0.15, 0.2) is 47.8 Å². The van der Waals surface area contributed by atoms with Gasteiger partial charge in [-0.2, -0.15) is 0 Å². The highest BCUT2D eigenvalue weighted by molar-refractivity contribution is 7.09. The highest BCUT2D eigenvalue weighted by Crippen LogP contribution is 2.32. The van der Waals surface area contributed by atoms with Gasteiger partial charge in [0.2, 0.25) is 11.8 Å². The van der Waals surface area contributed by atoms with Crippen LogP contribution in [0.3, 0.4) is 0 Å². The maximum atomic E-state index is 13.3. The van der Waals surface area contributed by atoms with E-state index in [0.717, 1.165) is 32.5 Å². The quantitative estimate of drug-likeness (QED) is 0.794. The molecular formula is C23H29N3O2S. The van der Waals surface area contributed by atoms with Gasteiger partial charge in [0.25, 0.3) is 0 Å². The molecule has 2 aliphatic heterocycles. The van der Waals surface area contributed by atoms with Crippen molar-refractivity contribution in [2.45, 2.75) is 43.7 Å². The van der Waals surface area contributed by atoms with E-state index in [4.69, 9.17) is 0 Å². The van der Waals surface area contributed by atoms with Gasteiger partial charge in [-0.05, 0) is 36.9 Å². The molecule has 0 saturated carbocycles. The Morgan fingerprint density at radius 2 is 2.03 bits per heavy atom. The van der Waals surface area contributed by atoms with Crippen LogP contribution in [0.1, 0.15) is 42.2 Å². The van der Waals surface area contributed by atoms with Crippen molar-refractivity contribution >= 4 is 23.2 Å². The Balaban J connectivity index is 1.46. The number of hydrogen-bond donors (Lipinski definition) is 1. The Kier molecular flexibility index (Phi) is 6.01. The fraction of sp³-hybridized carbons (Fsp3) is 0.478. The summed E-state index contributed by atoms with van der Waals surface area (Å²) in [6, 6.07) is 14.6. The Bertz CT molecular complexity index is 839. The van der Waals surface area contributed by atoms with Crippen molar-refractivity contribution < 1.29 is 9.59 Å². The second-order valence-corrected chi connectivity index (χ2v) is 9.39. The molecule has 0 bridgehead atoms. The number of likely N-dealkylation sites (N-methyl/N-ethyl adjacent to an activating group) is 1. The van der Waals surface area contributed by atoms with Crippen LogP contribution in [0, 0.1) is 0 Å². The number of rotatable bonds is 6. The van der Waals surface area contributed by atoms with Gasteiger partial charge < -0.3 is 15.1 Å². The Hall–Kier alpha value is -2.18. The van der Waals surface area contributed by atoms with Gasteiger partial charge >= 0.3 is 0 Å². The summed E-state index contributed by atoms with van der Waals surface area (Å²) in [6.07, 6.45) is 3.35. The first-order valence-corrected chi connectivity index (χ1v) is 11.3. The zero-order chi connectivity index (χ0) is 20.3. The number of thiophene rings is 1. The minimum absolute atomic E-state index is 0.0915. The van der Waals surface area contributed by atoms with Gasteiger partial charge in [-0.15, -0.1) is 11.3 Å². The van der Waals surface area contributed by atoms with E-state index in [-0.39, 0.29) is 23.4 Å². The van der Waals surface area contributed by atoms with E-state index in [1.807, 2.05) is 29.2 Å². The summed E-state index contributed by atoms with van der Waals surface area (Å²) in [4.78, 5) is 30.9. The van der Waals surface area contributed by atoms with Gasteiger partial charge in [-0.25, -0.2) is 0 Å². The van der Waals surface area contributed by atoms with E-state index in [9.17, 15) is 9.59 Å². The first-order valence-electron chi connectivity index (χ1n) is 10.4. The number of carbonyl (C=O) groups excluding carboxylic acids is 2. The van der Waals surface area contributed by atoms with Crippen LogP contribution in [0.4, 0.5) is 0 Å². The topological polar surface area (TPSA) is 52.7 Å². The van der Waals surface area contributed by atoms with E-state index < -0.39 is 0 Å². The molecule has 3 heterocycles. The molecule has 2 atom stereocenters. The van der Waals surface area contributed by atoms with Gasteiger partial charge in [0.15, 0.2) is 0 Å². The molecule has 2 fully saturated rings. The van der Waals surface area contributed by atoms with Gasteiger partial charge in [0.1, 0.15) is 0 Å². The molecule has 5 nitrogen and oxygen atoms in total. The SMILES string of the molecule is CN1CCN(C(=O)CC[C@@]2(Cc3cccs3)CCC(=O)N2)[C@@H](c2ccccc2)C1. The van der Waals surface area contributed by atoms with Crippen LogP contribution in [-0.2, 0) is 16.0 Å². The van der Waals surface area contributed by atoms with Crippen LogP contribution >= 0.6 is 11.3 Å². The number of piperazine rings is 1. The normalized spacial score (nSPS) is 25.2. The highest BCUT2D eigenvalue weighted by atomic mass is 32.1. The van der Waals surface area contributed by atoms with E-state index in [2.05, 4.69) is 40.8 Å². The highest BCUT2D eigenvalue weighted by Gasteiger charge is 2.39. The summed E-state index contributed by atoms with van der Waals surface area (Å²) in [7, 11) is 2.11. The first kappa shape index (κ1) is 20.1. The molecule has 2 saturated heterocycles. The number of hydrogen-bond acceptors (Lipinski definition) is 4. The van der Waals surface area contributed by atoms with E-state index in [1.54, 1.807) is 11.3 Å². The molecule has 6 heteroatoms. The number of carbonyl (C=O) groups is 2. The summed E-state index contributed by atoms with van der Waals surface area (Å²) in [6.45, 7) is 2.50. The van der Waals surface area contributed by atoms with Gasteiger partial charge in [-0.3, -0.25) is 9.59 Å². The second kappa shape index (κ2) is 8.67. The Labute approximate surface area is 176 Å². The molecule has 1 aromatic carbocycles. The maximum Gasteiger partial charge on any atom is 0.223 e. The number of amides is 2. The van der Waals surface area contributed by atoms with Crippen molar-refractivity contribution in [1.82, 2.24) is 15.1 Å². The van der Waals surface area contributed by atoms with Crippen LogP contribution in [0.2, 0.25) is 0 Å². The molecule has 0 aliphatic carbocycles. The van der Waals surface area contributed by atoms with E-state index in [1.165, 1.54) is 10.4 Å². The van der Waals surface area contributed by atoms with Gasteiger partial charge in [-0.1, -0.05) is 36.4 Å². The summed E-state index contributed by atoms with van der Waals surface area (Å²) in [5.41, 5.74) is 0.904. The number of nitrogens with zero attached hydrogens (tertiary/aromatic N) is 2. The van der Waals surface area contributed by atoms with Crippen molar-refractivity contribution in [2.24, 2.45) is 0 Å². The molecule has 2 aliphatic rings. The number of benzene rings is 1. The minimum Gasteiger partial charge on any atom is -0.350 e. The maximum absolute atomic E-state index is 13.3. The molecule has 0 radical (unpaired) electrons. The molecule has 29 heavy (non-hydrogen) atoms. The minimum atomic E-state index is -0.285. The lowest BCUT2D eigenvalue weighted by Crippen LogP contribution is -2.50. The molecule has 1 aromatic heterocycles. The van der Waals surface area contributed by atoms with Crippen molar-refractivity contribution in [3.8, 4) is 0 Å². The van der Waals surface area contributed by atoms with Gasteiger partial charge in [0.05, 0.1) is 6.04 Å². The lowest BCUT2D eigenvalue weighted by atomic mass is 9.87. The van der Waals surface area contributed by atoms with Crippen LogP contribution in [0.5, 0.6) is 0 Å². The van der Waals surface area contributed by atoms with Crippen molar-refractivity contribution in [2.75, 3.05) is 26.7 Å². The van der Waals surface area contributed by atoms with Crippen molar-refractivity contribution in [3.05, 3.63) is 58.3 Å². The van der Waals surface area contributed by atoms with E-state index in [0.29, 0.717) is 19.3 Å². The third kappa shape index (κ3) is 4.70. The van der Waals surface area contributed by atoms with Gasteiger partial charge in [0, 0.05) is 49.3 Å². The average Bonchev–Trinajstić information content (AvgIpc) is 3.37. The fourth-order valence-electron chi connectivity index (χ4n) is 4.60. The summed E-state index contributed by atoms with van der Waals surface area (Å²) >= 11 is 1.72. The Morgan fingerprint density at radius 1 is 1.21 bits per heavy atom. The zero-order valence-electron chi connectivity index (χ0n) is 17.0. The molecule has 4 rings (SSSR count). The zero-order valence-corrected chi connectivity index (χ0v) is 17.8. The lowest BCUT2D eigenvalue weighted by Gasteiger charge is -2.41. The average molecular weight is 412 g/mol. The molecule has 2 aromatic rings. The predicted octanol–water partition coefficient (Wildman–Crippen LogP) is 3.23. The molecule has 0 unspecified atom stereocenters. The Morgan fingerprint density at radius 3 is 2.72 bits per heavy atom. The molecule has 0 spiro atoms. The molecule has 2 amide bonds. The van der Waals surface area contributed by atoms with Crippen LogP contribution < -0.4 is 5.32 Å². The predicted molar refractivity (Wildman–Crippen MR) is 116 cm³/mol. The van der Waals surface area contributed by atoms with Crippen LogP contribution in [-0.4, -0.2) is 53.8 Å². The molecular weight excluding hydrogens is 382 g/mol. The third-order valence-corrected chi connectivity index (χ3v) is 7.11. The first-order chi connectivity index (χ1) is 14.0. The summed E-state index contributed by atoms with van der Waals surface area (Å²) in [5.74, 6) is 0.300. The van der Waals surface area contributed by atoms with Crippen molar-refractivity contribution in [1.29, 1.82) is 0 Å². The smallest absolute Gasteiger partial charge is 0.223 e. The molecule has 1 N–H and O–H groups in total. The van der Waals surface area contributed by atoms with Crippen molar-refractivity contribution in [3.63, 3.8) is 0 Å². The molecule has 154 valence electrons. The standard InChI is InChI=1S/C23H29N3O2S/c1-25-13-14-26(20(17-25)18-6-3-2-4-7-18)22(28)10-12-23(11-9-21(27)24-23)16-19-8-5-15-29-19/h2-8,15,20H,9-14,16-17H2,1H3,(H,24,27)/t20-,23-/m1/s1. The third-order valence-electron chi connectivity index (χ3n) is 6.23. The monoisotopic (exact) mass is 411 g/mol. The van der Waals surface area contributed by atoms with Crippen LogP contribution in [0.25, 0.3) is 0 Å².